The molecule has 1 aliphatic heterocycles. The van der Waals surface area contributed by atoms with Gasteiger partial charge in [0.25, 0.3) is 0 Å². The van der Waals surface area contributed by atoms with E-state index in [2.05, 4.69) is 9.97 Å². The first-order valence-electron chi connectivity index (χ1n) is 10.7. The first-order chi connectivity index (χ1) is 15.5. The molecule has 1 atom stereocenters. The van der Waals surface area contributed by atoms with Crippen LogP contribution < -0.4 is 9.64 Å². The Balaban J connectivity index is 1.61. The van der Waals surface area contributed by atoms with Gasteiger partial charge < -0.3 is 14.7 Å². The van der Waals surface area contributed by atoms with Gasteiger partial charge in [0.1, 0.15) is 11.6 Å². The Bertz CT molecular complexity index is 1140. The maximum Gasteiger partial charge on any atom is 0.339 e. The number of hydrogen-bond donors (Lipinski definition) is 1. The largest absolute Gasteiger partial charge is 0.496 e. The molecule has 0 saturated carbocycles. The van der Waals surface area contributed by atoms with Crippen molar-refractivity contribution in [2.75, 3.05) is 18.6 Å². The lowest BCUT2D eigenvalue weighted by atomic mass is 10.0. The third-order valence-electron chi connectivity index (χ3n) is 5.95. The van der Waals surface area contributed by atoms with Crippen LogP contribution in [0.3, 0.4) is 0 Å². The van der Waals surface area contributed by atoms with Crippen molar-refractivity contribution in [3.05, 3.63) is 82.4 Å². The van der Waals surface area contributed by atoms with Gasteiger partial charge in [-0.15, -0.1) is 0 Å². The summed E-state index contributed by atoms with van der Waals surface area (Å²) in [6, 6.07) is 12.5. The van der Waals surface area contributed by atoms with E-state index in [1.165, 1.54) is 12.3 Å². The van der Waals surface area contributed by atoms with Gasteiger partial charge >= 0.3 is 5.97 Å². The fourth-order valence-electron chi connectivity index (χ4n) is 4.26. The number of aromatic nitrogens is 2. The Hall–Kier alpha value is -3.48. The summed E-state index contributed by atoms with van der Waals surface area (Å²) in [4.78, 5) is 22.8. The van der Waals surface area contributed by atoms with Gasteiger partial charge in [0, 0.05) is 12.7 Å². The number of anilines is 1. The highest BCUT2D eigenvalue weighted by molar-refractivity contribution is 5.88. The highest BCUT2D eigenvalue weighted by Gasteiger charge is 2.29. The summed E-state index contributed by atoms with van der Waals surface area (Å²) in [5, 5.41) is 9.64. The monoisotopic (exact) mass is 435 g/mol. The minimum Gasteiger partial charge on any atom is -0.496 e. The summed E-state index contributed by atoms with van der Waals surface area (Å²) < 4.78 is 19.2. The zero-order valence-corrected chi connectivity index (χ0v) is 18.2. The molecule has 3 aromatic rings. The van der Waals surface area contributed by atoms with E-state index in [9.17, 15) is 14.3 Å². The molecule has 1 aliphatic rings. The Labute approximate surface area is 186 Å². The summed E-state index contributed by atoms with van der Waals surface area (Å²) in [7, 11) is 1.64. The maximum atomic E-state index is 13.8. The first-order valence-corrected chi connectivity index (χ1v) is 10.7. The highest BCUT2D eigenvalue weighted by atomic mass is 19.1. The summed E-state index contributed by atoms with van der Waals surface area (Å²) in [6.45, 7) is 2.72. The van der Waals surface area contributed by atoms with Crippen LogP contribution in [0.15, 0.2) is 48.7 Å². The van der Waals surface area contributed by atoms with Crippen LogP contribution in [0.5, 0.6) is 5.75 Å². The van der Waals surface area contributed by atoms with Crippen molar-refractivity contribution < 1.29 is 19.0 Å². The molecule has 0 unspecified atom stereocenters. The smallest absolute Gasteiger partial charge is 0.339 e. The lowest BCUT2D eigenvalue weighted by molar-refractivity contribution is 0.0694. The fraction of sp³-hybridized carbons (Fsp3) is 0.320. The molecule has 0 amide bonds. The van der Waals surface area contributed by atoms with E-state index in [1.54, 1.807) is 19.2 Å². The van der Waals surface area contributed by atoms with Crippen LogP contribution in [0.25, 0.3) is 0 Å². The Morgan fingerprint density at radius 3 is 2.84 bits per heavy atom. The van der Waals surface area contributed by atoms with Gasteiger partial charge in [0.05, 0.1) is 24.4 Å². The quantitative estimate of drug-likeness (QED) is 0.577. The van der Waals surface area contributed by atoms with Crippen molar-refractivity contribution in [3.63, 3.8) is 0 Å². The van der Waals surface area contributed by atoms with Crippen molar-refractivity contribution in [2.24, 2.45) is 0 Å². The number of hydrogen-bond acceptors (Lipinski definition) is 5. The second kappa shape index (κ2) is 9.34. The second-order valence-electron chi connectivity index (χ2n) is 8.05. The van der Waals surface area contributed by atoms with Crippen molar-refractivity contribution in [2.45, 2.75) is 38.6 Å². The molecule has 2 aromatic carbocycles. The molecule has 6 nitrogen and oxygen atoms in total. The number of carboxylic acids is 1. The minimum absolute atomic E-state index is 0.0319. The third-order valence-corrected chi connectivity index (χ3v) is 5.95. The van der Waals surface area contributed by atoms with E-state index in [4.69, 9.17) is 4.74 Å². The lowest BCUT2D eigenvalue weighted by Crippen LogP contribution is -2.25. The second-order valence-corrected chi connectivity index (χ2v) is 8.05. The average Bonchev–Trinajstić information content (AvgIpc) is 3.28. The first kappa shape index (κ1) is 21.7. The highest BCUT2D eigenvalue weighted by Crippen LogP contribution is 2.35. The van der Waals surface area contributed by atoms with Gasteiger partial charge in [-0.2, -0.15) is 0 Å². The number of aromatic carboxylic acids is 1. The fourth-order valence-corrected chi connectivity index (χ4v) is 4.26. The van der Waals surface area contributed by atoms with Crippen LogP contribution in [0, 0.1) is 12.7 Å². The van der Waals surface area contributed by atoms with Gasteiger partial charge in [-0.1, -0.05) is 24.3 Å². The molecule has 0 radical (unpaired) electrons. The Morgan fingerprint density at radius 2 is 2.09 bits per heavy atom. The van der Waals surface area contributed by atoms with Crippen LogP contribution in [0.2, 0.25) is 0 Å². The molecular weight excluding hydrogens is 409 g/mol. The Kier molecular flexibility index (Phi) is 6.35. The number of carboxylic acid groups (broad SMARTS) is 1. The number of benzene rings is 2. The summed E-state index contributed by atoms with van der Waals surface area (Å²) in [5.41, 5.74) is 3.56. The van der Waals surface area contributed by atoms with E-state index in [1.807, 2.05) is 36.1 Å². The topological polar surface area (TPSA) is 75.5 Å². The molecule has 1 aromatic heterocycles. The maximum absolute atomic E-state index is 13.8. The molecular formula is C25H26FN3O3. The van der Waals surface area contributed by atoms with E-state index in [-0.39, 0.29) is 17.4 Å². The number of rotatable bonds is 7. The molecule has 4 rings (SSSR count). The third kappa shape index (κ3) is 4.56. The van der Waals surface area contributed by atoms with E-state index in [0.717, 1.165) is 41.8 Å². The normalized spacial score (nSPS) is 15.7. The zero-order valence-electron chi connectivity index (χ0n) is 18.2. The number of ether oxygens (including phenoxy) is 1. The van der Waals surface area contributed by atoms with E-state index < -0.39 is 5.97 Å². The van der Waals surface area contributed by atoms with Crippen LogP contribution >= 0.6 is 0 Å². The van der Waals surface area contributed by atoms with Crippen LogP contribution in [-0.4, -0.2) is 34.7 Å². The molecule has 1 fully saturated rings. The molecule has 1 N–H and O–H groups in total. The molecule has 7 heteroatoms. The van der Waals surface area contributed by atoms with Gasteiger partial charge in [-0.3, -0.25) is 0 Å². The number of halogens is 1. The molecule has 166 valence electrons. The number of aryl methyl sites for hydroxylation is 3. The van der Waals surface area contributed by atoms with E-state index in [0.29, 0.717) is 24.5 Å². The van der Waals surface area contributed by atoms with Crippen molar-refractivity contribution in [3.8, 4) is 5.75 Å². The van der Waals surface area contributed by atoms with Crippen molar-refractivity contribution >= 4 is 11.9 Å². The van der Waals surface area contributed by atoms with Crippen molar-refractivity contribution in [1.82, 2.24) is 9.97 Å². The summed E-state index contributed by atoms with van der Waals surface area (Å²) in [6.07, 6.45) is 4.27. The Morgan fingerprint density at radius 1 is 1.25 bits per heavy atom. The predicted octanol–water partition coefficient (Wildman–Crippen LogP) is 4.76. The van der Waals surface area contributed by atoms with Gasteiger partial charge in [-0.05, 0) is 67.5 Å². The van der Waals surface area contributed by atoms with Gasteiger partial charge in [0.15, 0.2) is 0 Å². The van der Waals surface area contributed by atoms with Crippen LogP contribution in [0.1, 0.15) is 51.6 Å². The van der Waals surface area contributed by atoms with Gasteiger partial charge in [-0.25, -0.2) is 19.2 Å². The molecule has 0 aliphatic carbocycles. The molecule has 0 spiro atoms. The van der Waals surface area contributed by atoms with Crippen LogP contribution in [-0.2, 0) is 12.8 Å². The van der Waals surface area contributed by atoms with Crippen molar-refractivity contribution in [1.29, 1.82) is 0 Å². The van der Waals surface area contributed by atoms with Gasteiger partial charge in [0.2, 0.25) is 5.95 Å². The zero-order chi connectivity index (χ0) is 22.7. The van der Waals surface area contributed by atoms with Crippen LogP contribution in [0.4, 0.5) is 10.3 Å². The summed E-state index contributed by atoms with van der Waals surface area (Å²) >= 11 is 0. The predicted molar refractivity (Wildman–Crippen MR) is 120 cm³/mol. The standard InChI is InChI=1S/C25H26FN3O3/c1-16-8-9-17(13-23(16)32-2)10-11-21-20(24(30)31)15-27-25(28-21)29-12-4-7-22(29)18-5-3-6-19(26)14-18/h3,5-6,8-9,13-15,22H,4,7,10-12H2,1-2H3,(H,30,31)/t22-/m0/s1. The summed E-state index contributed by atoms with van der Waals surface area (Å²) in [5.74, 6) is -0.0283. The molecule has 0 bridgehead atoms. The number of carbonyl (C=O) groups is 1. The number of nitrogens with zero attached hydrogens (tertiary/aromatic N) is 3. The molecule has 32 heavy (non-hydrogen) atoms. The molecule has 2 heterocycles. The molecule has 1 saturated heterocycles. The minimum atomic E-state index is -1.05. The SMILES string of the molecule is COc1cc(CCc2nc(N3CCC[C@H]3c3cccc(F)c3)ncc2C(=O)O)ccc1C. The lowest BCUT2D eigenvalue weighted by Gasteiger charge is -2.25. The number of methoxy groups -OCH3 is 1. The average molecular weight is 435 g/mol. The van der Waals surface area contributed by atoms with E-state index >= 15 is 0 Å².